The minimum absolute atomic E-state index is 0.351. The Labute approximate surface area is 119 Å². The second-order valence-corrected chi connectivity index (χ2v) is 5.46. The molecular formula is C15H22N4O. The van der Waals surface area contributed by atoms with Crippen LogP contribution in [0.2, 0.25) is 0 Å². The molecule has 2 unspecified atom stereocenters. The predicted molar refractivity (Wildman–Crippen MR) is 79.4 cm³/mol. The van der Waals surface area contributed by atoms with Gasteiger partial charge in [0, 0.05) is 50.6 Å². The van der Waals surface area contributed by atoms with Crippen molar-refractivity contribution in [2.45, 2.75) is 31.5 Å². The van der Waals surface area contributed by atoms with Crippen LogP contribution >= 0.6 is 0 Å². The fourth-order valence-electron chi connectivity index (χ4n) is 3.09. The summed E-state index contributed by atoms with van der Waals surface area (Å²) in [6.07, 6.45) is 6.33. The normalized spacial score (nSPS) is 24.3. The molecule has 3 heterocycles. The zero-order valence-corrected chi connectivity index (χ0v) is 11.9. The first kappa shape index (κ1) is 13.5. The van der Waals surface area contributed by atoms with Gasteiger partial charge in [-0.2, -0.15) is 0 Å². The average Bonchev–Trinajstić information content (AvgIpc) is 2.91. The fourth-order valence-corrected chi connectivity index (χ4v) is 3.09. The first-order valence-electron chi connectivity index (χ1n) is 7.19. The molecule has 1 saturated heterocycles. The molecule has 5 nitrogen and oxygen atoms in total. The molecule has 108 valence electrons. The largest absolute Gasteiger partial charge is 0.381 e. The number of likely N-dealkylation sites (tertiary alicyclic amines) is 1. The highest BCUT2D eigenvalue weighted by atomic mass is 16.5. The lowest BCUT2D eigenvalue weighted by Gasteiger charge is -2.38. The van der Waals surface area contributed by atoms with Crippen LogP contribution in [0.4, 0.5) is 0 Å². The quantitative estimate of drug-likeness (QED) is 0.886. The van der Waals surface area contributed by atoms with E-state index in [0.29, 0.717) is 18.7 Å². The summed E-state index contributed by atoms with van der Waals surface area (Å²) in [6.45, 7) is 2.64. The SMILES string of the molecule is COC1CCN(Cc2c[nH]c3ncccc23)C(CN)C1. The van der Waals surface area contributed by atoms with Crippen LogP contribution in [0.25, 0.3) is 11.0 Å². The third-order valence-corrected chi connectivity index (χ3v) is 4.31. The molecule has 2 atom stereocenters. The lowest BCUT2D eigenvalue weighted by Crippen LogP contribution is -2.47. The number of nitrogens with zero attached hydrogens (tertiary/aromatic N) is 2. The van der Waals surface area contributed by atoms with Crippen LogP contribution in [0.1, 0.15) is 18.4 Å². The lowest BCUT2D eigenvalue weighted by atomic mass is 9.98. The summed E-state index contributed by atoms with van der Waals surface area (Å²) >= 11 is 0. The smallest absolute Gasteiger partial charge is 0.137 e. The van der Waals surface area contributed by atoms with E-state index in [9.17, 15) is 0 Å². The Morgan fingerprint density at radius 1 is 1.55 bits per heavy atom. The second-order valence-electron chi connectivity index (χ2n) is 5.46. The summed E-state index contributed by atoms with van der Waals surface area (Å²) in [5, 5.41) is 1.21. The number of pyridine rings is 1. The molecule has 1 aliphatic heterocycles. The van der Waals surface area contributed by atoms with Gasteiger partial charge < -0.3 is 15.5 Å². The summed E-state index contributed by atoms with van der Waals surface area (Å²) in [5.41, 5.74) is 8.19. The molecule has 3 rings (SSSR count). The molecule has 2 aromatic heterocycles. The Bertz CT molecular complexity index is 568. The van der Waals surface area contributed by atoms with Gasteiger partial charge in [0.15, 0.2) is 0 Å². The number of hydrogen-bond acceptors (Lipinski definition) is 4. The van der Waals surface area contributed by atoms with Crippen molar-refractivity contribution in [1.82, 2.24) is 14.9 Å². The first-order valence-corrected chi connectivity index (χ1v) is 7.19. The van der Waals surface area contributed by atoms with E-state index in [2.05, 4.69) is 27.1 Å². The molecule has 0 saturated carbocycles. The molecule has 0 spiro atoms. The van der Waals surface area contributed by atoms with Gasteiger partial charge in [0.2, 0.25) is 0 Å². The van der Waals surface area contributed by atoms with Gasteiger partial charge in [-0.1, -0.05) is 0 Å². The topological polar surface area (TPSA) is 67.2 Å². The van der Waals surface area contributed by atoms with E-state index in [1.54, 1.807) is 7.11 Å². The van der Waals surface area contributed by atoms with E-state index in [4.69, 9.17) is 10.5 Å². The summed E-state index contributed by atoms with van der Waals surface area (Å²) in [5.74, 6) is 0. The zero-order valence-electron chi connectivity index (χ0n) is 11.9. The molecule has 0 aliphatic carbocycles. The van der Waals surface area contributed by atoms with Gasteiger partial charge in [0.05, 0.1) is 6.10 Å². The summed E-state index contributed by atoms with van der Waals surface area (Å²) in [6, 6.07) is 4.50. The van der Waals surface area contributed by atoms with Gasteiger partial charge in [0.25, 0.3) is 0 Å². The first-order chi connectivity index (χ1) is 9.81. The highest BCUT2D eigenvalue weighted by molar-refractivity contribution is 5.79. The van der Waals surface area contributed by atoms with Crippen molar-refractivity contribution in [3.05, 3.63) is 30.1 Å². The molecule has 1 aliphatic rings. The Morgan fingerprint density at radius 2 is 2.45 bits per heavy atom. The summed E-state index contributed by atoms with van der Waals surface area (Å²) < 4.78 is 5.48. The van der Waals surface area contributed by atoms with Crippen molar-refractivity contribution in [3.8, 4) is 0 Å². The number of H-pyrrole nitrogens is 1. The van der Waals surface area contributed by atoms with E-state index in [1.807, 2.05) is 12.3 Å². The number of piperidine rings is 1. The molecule has 20 heavy (non-hydrogen) atoms. The molecule has 3 N–H and O–H groups in total. The van der Waals surface area contributed by atoms with Crippen molar-refractivity contribution in [1.29, 1.82) is 0 Å². The maximum atomic E-state index is 5.93. The Hall–Kier alpha value is -1.43. The van der Waals surface area contributed by atoms with Crippen molar-refractivity contribution in [3.63, 3.8) is 0 Å². The van der Waals surface area contributed by atoms with Gasteiger partial charge in [-0.25, -0.2) is 4.98 Å². The number of hydrogen-bond donors (Lipinski definition) is 2. The number of ether oxygens (including phenoxy) is 1. The van der Waals surface area contributed by atoms with E-state index < -0.39 is 0 Å². The van der Waals surface area contributed by atoms with Crippen molar-refractivity contribution in [2.24, 2.45) is 5.73 Å². The lowest BCUT2D eigenvalue weighted by molar-refractivity contribution is 0.0104. The molecular weight excluding hydrogens is 252 g/mol. The number of methoxy groups -OCH3 is 1. The van der Waals surface area contributed by atoms with Crippen LogP contribution < -0.4 is 5.73 Å². The average molecular weight is 274 g/mol. The minimum atomic E-state index is 0.351. The van der Waals surface area contributed by atoms with Gasteiger partial charge >= 0.3 is 0 Å². The number of nitrogens with two attached hydrogens (primary N) is 1. The standard InChI is InChI=1S/C15H22N4O/c1-20-13-4-6-19(12(7-13)8-16)10-11-9-18-15-14(11)3-2-5-17-15/h2-3,5,9,12-13H,4,6-8,10,16H2,1H3,(H,17,18). The fraction of sp³-hybridized carbons (Fsp3) is 0.533. The van der Waals surface area contributed by atoms with Gasteiger partial charge in [-0.15, -0.1) is 0 Å². The number of aromatic amines is 1. The van der Waals surface area contributed by atoms with E-state index in [-0.39, 0.29) is 0 Å². The molecule has 1 fully saturated rings. The summed E-state index contributed by atoms with van der Waals surface area (Å²) in [4.78, 5) is 10.0. The number of nitrogens with one attached hydrogen (secondary N) is 1. The minimum Gasteiger partial charge on any atom is -0.381 e. The van der Waals surface area contributed by atoms with Gasteiger partial charge in [0.1, 0.15) is 5.65 Å². The van der Waals surface area contributed by atoms with E-state index in [0.717, 1.165) is 31.6 Å². The Morgan fingerprint density at radius 3 is 3.25 bits per heavy atom. The molecule has 0 bridgehead atoms. The third kappa shape index (κ3) is 2.57. The second kappa shape index (κ2) is 5.91. The number of aromatic nitrogens is 2. The Balaban J connectivity index is 1.76. The van der Waals surface area contributed by atoms with Gasteiger partial charge in [-0.3, -0.25) is 4.90 Å². The van der Waals surface area contributed by atoms with Crippen LogP contribution in [0.15, 0.2) is 24.5 Å². The predicted octanol–water partition coefficient (Wildman–Crippen LogP) is 1.50. The molecule has 5 heteroatoms. The van der Waals surface area contributed by atoms with Crippen LogP contribution in [0.5, 0.6) is 0 Å². The van der Waals surface area contributed by atoms with Crippen LogP contribution in [-0.2, 0) is 11.3 Å². The maximum Gasteiger partial charge on any atom is 0.137 e. The number of fused-ring (bicyclic) bond motifs is 1. The van der Waals surface area contributed by atoms with Gasteiger partial charge in [-0.05, 0) is 30.5 Å². The van der Waals surface area contributed by atoms with Crippen LogP contribution in [0.3, 0.4) is 0 Å². The molecule has 0 amide bonds. The van der Waals surface area contributed by atoms with Crippen molar-refractivity contribution >= 4 is 11.0 Å². The Kier molecular flexibility index (Phi) is 4.00. The van der Waals surface area contributed by atoms with E-state index >= 15 is 0 Å². The summed E-state index contributed by atoms with van der Waals surface area (Å²) in [7, 11) is 1.79. The van der Waals surface area contributed by atoms with Crippen molar-refractivity contribution in [2.75, 3.05) is 20.2 Å². The third-order valence-electron chi connectivity index (χ3n) is 4.31. The molecule has 0 aromatic carbocycles. The van der Waals surface area contributed by atoms with Crippen LogP contribution in [-0.4, -0.2) is 47.2 Å². The van der Waals surface area contributed by atoms with E-state index in [1.165, 1.54) is 10.9 Å². The monoisotopic (exact) mass is 274 g/mol. The van der Waals surface area contributed by atoms with Crippen molar-refractivity contribution < 1.29 is 4.74 Å². The van der Waals surface area contributed by atoms with Crippen LogP contribution in [0, 0.1) is 0 Å². The zero-order chi connectivity index (χ0) is 13.9. The highest BCUT2D eigenvalue weighted by Gasteiger charge is 2.27. The number of rotatable bonds is 4. The molecule has 0 radical (unpaired) electrons. The molecule has 2 aromatic rings. The maximum absolute atomic E-state index is 5.93. The highest BCUT2D eigenvalue weighted by Crippen LogP contribution is 2.24.